The van der Waals surface area contributed by atoms with Crippen molar-refractivity contribution < 1.29 is 16.8 Å². The molecule has 114 valence electrons. The van der Waals surface area contributed by atoms with Crippen LogP contribution in [0.4, 0.5) is 0 Å². The number of sulfonamides is 2. The van der Waals surface area contributed by atoms with Gasteiger partial charge in [0.15, 0.2) is 0 Å². The minimum Gasteiger partial charge on any atom is -0.214 e. The van der Waals surface area contributed by atoms with Gasteiger partial charge in [-0.3, -0.25) is 0 Å². The number of unbranched alkanes of at least 4 members (excludes halogenated alkanes) is 1. The fourth-order valence-electron chi connectivity index (χ4n) is 2.09. The largest absolute Gasteiger partial charge is 0.214 e. The molecule has 1 fully saturated rings. The van der Waals surface area contributed by atoms with E-state index in [9.17, 15) is 16.8 Å². The van der Waals surface area contributed by atoms with Gasteiger partial charge in [0.2, 0.25) is 20.0 Å². The van der Waals surface area contributed by atoms with E-state index in [4.69, 9.17) is 0 Å². The lowest BCUT2D eigenvalue weighted by molar-refractivity contribution is 0.550. The Morgan fingerprint density at radius 1 is 1.00 bits per heavy atom. The van der Waals surface area contributed by atoms with Gasteiger partial charge < -0.3 is 0 Å². The number of hydrogen-bond donors (Lipinski definition) is 2. The van der Waals surface area contributed by atoms with Crippen LogP contribution in [-0.4, -0.2) is 40.9 Å². The monoisotopic (exact) mass is 312 g/mol. The quantitative estimate of drug-likeness (QED) is 0.651. The first-order valence-electron chi connectivity index (χ1n) is 6.82. The third kappa shape index (κ3) is 7.24. The highest BCUT2D eigenvalue weighted by Gasteiger charge is 2.21. The number of rotatable bonds is 9. The average Bonchev–Trinajstić information content (AvgIpc) is 2.77. The van der Waals surface area contributed by atoms with Crippen LogP contribution < -0.4 is 9.44 Å². The Morgan fingerprint density at radius 2 is 1.63 bits per heavy atom. The van der Waals surface area contributed by atoms with E-state index in [0.717, 1.165) is 32.1 Å². The van der Waals surface area contributed by atoms with Gasteiger partial charge in [-0.1, -0.05) is 26.2 Å². The predicted molar refractivity (Wildman–Crippen MR) is 75.9 cm³/mol. The summed E-state index contributed by atoms with van der Waals surface area (Å²) in [6.45, 7) is 1.85. The van der Waals surface area contributed by atoms with E-state index in [0.29, 0.717) is 6.42 Å². The van der Waals surface area contributed by atoms with Crippen molar-refractivity contribution in [2.24, 2.45) is 0 Å². The van der Waals surface area contributed by atoms with E-state index in [1.807, 2.05) is 6.92 Å². The summed E-state index contributed by atoms with van der Waals surface area (Å²) in [5, 5.41) is 0. The van der Waals surface area contributed by atoms with E-state index >= 15 is 0 Å². The fraction of sp³-hybridized carbons (Fsp3) is 1.00. The first-order valence-corrected chi connectivity index (χ1v) is 10.1. The first-order chi connectivity index (χ1) is 8.85. The molecule has 1 saturated carbocycles. The Labute approximate surface area is 116 Å². The molecule has 0 aromatic rings. The van der Waals surface area contributed by atoms with E-state index in [1.165, 1.54) is 0 Å². The van der Waals surface area contributed by atoms with Gasteiger partial charge in [0.1, 0.15) is 0 Å². The zero-order valence-electron chi connectivity index (χ0n) is 11.4. The molecule has 8 heteroatoms. The molecule has 0 aliphatic heterocycles. The van der Waals surface area contributed by atoms with Crippen molar-refractivity contribution in [3.8, 4) is 0 Å². The van der Waals surface area contributed by atoms with Crippen LogP contribution in [0.2, 0.25) is 0 Å². The van der Waals surface area contributed by atoms with Gasteiger partial charge >= 0.3 is 0 Å². The smallest absolute Gasteiger partial charge is 0.213 e. The van der Waals surface area contributed by atoms with Gasteiger partial charge in [0.25, 0.3) is 0 Å². The van der Waals surface area contributed by atoms with Gasteiger partial charge in [0, 0.05) is 12.6 Å². The van der Waals surface area contributed by atoms with E-state index in [1.54, 1.807) is 0 Å². The van der Waals surface area contributed by atoms with Crippen molar-refractivity contribution in [2.75, 3.05) is 18.1 Å². The van der Waals surface area contributed by atoms with Gasteiger partial charge in [-0.2, -0.15) is 0 Å². The summed E-state index contributed by atoms with van der Waals surface area (Å²) in [4.78, 5) is 0. The second kappa shape index (κ2) is 7.56. The lowest BCUT2D eigenvalue weighted by Crippen LogP contribution is -2.39. The van der Waals surface area contributed by atoms with Crippen LogP contribution in [0.25, 0.3) is 0 Å². The number of nitrogens with one attached hydrogen (secondary N) is 2. The molecule has 0 spiro atoms. The maximum Gasteiger partial charge on any atom is 0.213 e. The van der Waals surface area contributed by atoms with Crippen LogP contribution in [-0.2, 0) is 20.0 Å². The maximum atomic E-state index is 11.7. The van der Waals surface area contributed by atoms with Crippen LogP contribution in [0.3, 0.4) is 0 Å². The molecule has 1 aliphatic rings. The zero-order valence-corrected chi connectivity index (χ0v) is 13.0. The SMILES string of the molecule is CCCCS(=O)(=O)NCCS(=O)(=O)NC1CCCC1. The fourth-order valence-corrected chi connectivity index (χ4v) is 4.68. The molecule has 6 nitrogen and oxygen atoms in total. The molecule has 0 unspecified atom stereocenters. The molecule has 0 atom stereocenters. The minimum atomic E-state index is -3.38. The molecule has 0 bridgehead atoms. The average molecular weight is 312 g/mol. The molecular weight excluding hydrogens is 288 g/mol. The van der Waals surface area contributed by atoms with E-state index < -0.39 is 20.0 Å². The third-order valence-electron chi connectivity index (χ3n) is 3.16. The van der Waals surface area contributed by atoms with E-state index in [2.05, 4.69) is 9.44 Å². The Hall–Kier alpha value is -0.180. The predicted octanol–water partition coefficient (Wildman–Crippen LogP) is 0.568. The summed E-state index contributed by atoms with van der Waals surface area (Å²) < 4.78 is 51.4. The molecular formula is C11H24N2O4S2. The highest BCUT2D eigenvalue weighted by molar-refractivity contribution is 7.90. The lowest BCUT2D eigenvalue weighted by Gasteiger charge is -2.12. The molecule has 0 radical (unpaired) electrons. The second-order valence-electron chi connectivity index (χ2n) is 4.98. The van der Waals surface area contributed by atoms with Crippen LogP contribution in [0.15, 0.2) is 0 Å². The normalized spacial score (nSPS) is 17.9. The van der Waals surface area contributed by atoms with Gasteiger partial charge in [-0.15, -0.1) is 0 Å². The van der Waals surface area contributed by atoms with Crippen molar-refractivity contribution >= 4 is 20.0 Å². The van der Waals surface area contributed by atoms with Crippen molar-refractivity contribution in [3.63, 3.8) is 0 Å². The number of hydrogen-bond acceptors (Lipinski definition) is 4. The molecule has 1 aliphatic carbocycles. The van der Waals surface area contributed by atoms with Gasteiger partial charge in [-0.05, 0) is 19.3 Å². The Bertz CT molecular complexity index is 453. The van der Waals surface area contributed by atoms with Gasteiger partial charge in [0.05, 0.1) is 11.5 Å². The molecule has 0 aromatic carbocycles. The maximum absolute atomic E-state index is 11.7. The van der Waals surface area contributed by atoms with Crippen molar-refractivity contribution in [3.05, 3.63) is 0 Å². The van der Waals surface area contributed by atoms with E-state index in [-0.39, 0.29) is 24.1 Å². The summed E-state index contributed by atoms with van der Waals surface area (Å²) in [5.41, 5.74) is 0. The topological polar surface area (TPSA) is 92.3 Å². The summed E-state index contributed by atoms with van der Waals surface area (Å²) in [5.74, 6) is -0.144. The van der Waals surface area contributed by atoms with Crippen molar-refractivity contribution in [1.82, 2.24) is 9.44 Å². The Kier molecular flexibility index (Phi) is 6.72. The highest BCUT2D eigenvalue weighted by atomic mass is 32.2. The van der Waals surface area contributed by atoms with Crippen molar-refractivity contribution in [2.45, 2.75) is 51.5 Å². The minimum absolute atomic E-state index is 0.0294. The zero-order chi connectivity index (χ0) is 14.4. The lowest BCUT2D eigenvalue weighted by atomic mass is 10.3. The van der Waals surface area contributed by atoms with Crippen molar-refractivity contribution in [1.29, 1.82) is 0 Å². The molecule has 0 heterocycles. The summed E-state index contributed by atoms with van der Waals surface area (Å²) in [6, 6.07) is 0.0294. The van der Waals surface area contributed by atoms with Crippen LogP contribution in [0.5, 0.6) is 0 Å². The molecule has 0 aromatic heterocycles. The standard InChI is InChI=1S/C11H24N2O4S2/c1-2-3-9-18(14,15)12-8-10-19(16,17)13-11-6-4-5-7-11/h11-13H,2-10H2,1H3. The molecule has 1 rings (SSSR count). The van der Waals surface area contributed by atoms with Crippen LogP contribution in [0, 0.1) is 0 Å². The summed E-state index contributed by atoms with van der Waals surface area (Å²) in [6.07, 6.45) is 5.24. The van der Waals surface area contributed by atoms with Crippen LogP contribution >= 0.6 is 0 Å². The molecule has 19 heavy (non-hydrogen) atoms. The second-order valence-corrected chi connectivity index (χ2v) is 8.78. The Morgan fingerprint density at radius 3 is 2.21 bits per heavy atom. The molecule has 2 N–H and O–H groups in total. The first kappa shape index (κ1) is 16.9. The van der Waals surface area contributed by atoms with Crippen LogP contribution in [0.1, 0.15) is 45.4 Å². The molecule has 0 saturated heterocycles. The molecule has 0 amide bonds. The van der Waals surface area contributed by atoms with Gasteiger partial charge in [-0.25, -0.2) is 26.3 Å². The third-order valence-corrected chi connectivity index (χ3v) is 6.06. The highest BCUT2D eigenvalue weighted by Crippen LogP contribution is 2.18. The summed E-state index contributed by atoms with van der Waals surface area (Å²) in [7, 11) is -6.72. The summed E-state index contributed by atoms with van der Waals surface area (Å²) >= 11 is 0. The Balaban J connectivity index is 2.30.